The molecule has 2 aromatic rings. The van der Waals surface area contributed by atoms with Crippen molar-refractivity contribution in [3.05, 3.63) is 64.7 Å². The lowest BCUT2D eigenvalue weighted by atomic mass is 9.91. The van der Waals surface area contributed by atoms with Crippen LogP contribution in [0.2, 0.25) is 0 Å². The largest absolute Gasteiger partial charge is 0.341 e. The van der Waals surface area contributed by atoms with Crippen LogP contribution in [0.4, 0.5) is 5.69 Å². The molecular formula is C25H29N3O3. The molecule has 31 heavy (non-hydrogen) atoms. The molecule has 1 atom stereocenters. The Labute approximate surface area is 183 Å². The minimum absolute atomic E-state index is 0.0387. The molecule has 1 saturated heterocycles. The van der Waals surface area contributed by atoms with Gasteiger partial charge in [0, 0.05) is 44.2 Å². The number of rotatable bonds is 3. The van der Waals surface area contributed by atoms with Crippen LogP contribution in [-0.4, -0.2) is 46.7 Å². The van der Waals surface area contributed by atoms with Crippen molar-refractivity contribution in [2.45, 2.75) is 52.1 Å². The van der Waals surface area contributed by atoms with Gasteiger partial charge in [-0.3, -0.25) is 14.4 Å². The summed E-state index contributed by atoms with van der Waals surface area (Å²) >= 11 is 0. The van der Waals surface area contributed by atoms with Crippen LogP contribution in [0, 0.1) is 6.92 Å². The van der Waals surface area contributed by atoms with Crippen LogP contribution in [0.1, 0.15) is 53.2 Å². The first-order valence-corrected chi connectivity index (χ1v) is 11.0. The van der Waals surface area contributed by atoms with Gasteiger partial charge in [0.15, 0.2) is 0 Å². The summed E-state index contributed by atoms with van der Waals surface area (Å²) in [6, 6.07) is 12.7. The van der Waals surface area contributed by atoms with E-state index in [1.165, 1.54) is 6.92 Å². The summed E-state index contributed by atoms with van der Waals surface area (Å²) < 4.78 is 0. The van der Waals surface area contributed by atoms with Gasteiger partial charge in [-0.25, -0.2) is 0 Å². The van der Waals surface area contributed by atoms with E-state index in [2.05, 4.69) is 5.32 Å². The molecule has 2 aliphatic rings. The molecule has 0 aromatic heterocycles. The average molecular weight is 420 g/mol. The van der Waals surface area contributed by atoms with Crippen LogP contribution in [0.25, 0.3) is 0 Å². The van der Waals surface area contributed by atoms with Crippen LogP contribution in [0.5, 0.6) is 0 Å². The number of amides is 3. The number of anilines is 1. The lowest BCUT2D eigenvalue weighted by Gasteiger charge is -2.39. The van der Waals surface area contributed by atoms with E-state index in [4.69, 9.17) is 0 Å². The third-order valence-corrected chi connectivity index (χ3v) is 6.17. The van der Waals surface area contributed by atoms with E-state index in [1.807, 2.05) is 54.3 Å². The summed E-state index contributed by atoms with van der Waals surface area (Å²) in [6.45, 7) is 5.32. The van der Waals surface area contributed by atoms with Crippen molar-refractivity contribution in [3.63, 3.8) is 0 Å². The Morgan fingerprint density at radius 1 is 0.935 bits per heavy atom. The molecular weight excluding hydrogens is 390 g/mol. The Bertz CT molecular complexity index is 994. The van der Waals surface area contributed by atoms with E-state index >= 15 is 0 Å². The molecule has 2 aromatic carbocycles. The highest BCUT2D eigenvalue weighted by atomic mass is 16.2. The van der Waals surface area contributed by atoms with E-state index < -0.39 is 6.04 Å². The van der Waals surface area contributed by atoms with Crippen molar-refractivity contribution >= 4 is 23.4 Å². The summed E-state index contributed by atoms with van der Waals surface area (Å²) in [7, 11) is 0. The third-order valence-electron chi connectivity index (χ3n) is 6.17. The lowest BCUT2D eigenvalue weighted by Crippen LogP contribution is -2.54. The summed E-state index contributed by atoms with van der Waals surface area (Å²) in [6.07, 6.45) is 3.67. The van der Waals surface area contributed by atoms with Crippen molar-refractivity contribution in [3.8, 4) is 0 Å². The van der Waals surface area contributed by atoms with Crippen molar-refractivity contribution in [2.75, 3.05) is 18.4 Å². The monoisotopic (exact) mass is 419 g/mol. The van der Waals surface area contributed by atoms with Gasteiger partial charge < -0.3 is 15.1 Å². The molecule has 0 bridgehead atoms. The van der Waals surface area contributed by atoms with Crippen LogP contribution in [0.3, 0.4) is 0 Å². The highest BCUT2D eigenvalue weighted by Crippen LogP contribution is 2.29. The second-order valence-electron chi connectivity index (χ2n) is 8.57. The Kier molecular flexibility index (Phi) is 6.07. The Morgan fingerprint density at radius 2 is 1.65 bits per heavy atom. The first-order chi connectivity index (χ1) is 14.9. The van der Waals surface area contributed by atoms with Crippen molar-refractivity contribution < 1.29 is 14.4 Å². The predicted octanol–water partition coefficient (Wildman–Crippen LogP) is 3.53. The zero-order valence-electron chi connectivity index (χ0n) is 18.2. The van der Waals surface area contributed by atoms with Gasteiger partial charge in [0.05, 0.1) is 0 Å². The van der Waals surface area contributed by atoms with Crippen LogP contribution >= 0.6 is 0 Å². The third kappa shape index (κ3) is 4.63. The first-order valence-electron chi connectivity index (χ1n) is 11.0. The summed E-state index contributed by atoms with van der Waals surface area (Å²) in [5.41, 5.74) is 4.39. The maximum atomic E-state index is 13.5. The number of likely N-dealkylation sites (tertiary alicyclic amines) is 1. The molecule has 6 heteroatoms. The molecule has 0 aliphatic carbocycles. The van der Waals surface area contributed by atoms with Crippen LogP contribution in [-0.2, 0) is 22.6 Å². The van der Waals surface area contributed by atoms with E-state index in [0.717, 1.165) is 49.0 Å². The van der Waals surface area contributed by atoms with Crippen molar-refractivity contribution in [1.82, 2.24) is 9.80 Å². The highest BCUT2D eigenvalue weighted by molar-refractivity contribution is 5.98. The van der Waals surface area contributed by atoms with Gasteiger partial charge in [-0.1, -0.05) is 23.8 Å². The van der Waals surface area contributed by atoms with Gasteiger partial charge in [0.2, 0.25) is 11.8 Å². The van der Waals surface area contributed by atoms with Gasteiger partial charge in [-0.05, 0) is 61.6 Å². The minimum atomic E-state index is -0.508. The quantitative estimate of drug-likeness (QED) is 0.827. The SMILES string of the molecule is CC(=O)Nc1ccc2c(c1)CN(C(=O)c1ccc(C)cc1)[C@H](C(=O)N1CCCCC1)C2. The summed E-state index contributed by atoms with van der Waals surface area (Å²) in [5.74, 6) is -0.232. The number of piperidine rings is 1. The fourth-order valence-corrected chi connectivity index (χ4v) is 4.49. The van der Waals surface area contributed by atoms with Crippen molar-refractivity contribution in [2.24, 2.45) is 0 Å². The standard InChI is InChI=1S/C25H29N3O3/c1-17-6-8-19(9-7-17)24(30)28-16-21-14-22(26-18(2)29)11-10-20(21)15-23(28)25(31)27-12-4-3-5-13-27/h6-11,14,23H,3-5,12-13,15-16H2,1-2H3,(H,26,29)/t23-/m0/s1. The predicted molar refractivity (Wildman–Crippen MR) is 120 cm³/mol. The Hall–Kier alpha value is -3.15. The number of carbonyl (C=O) groups is 3. The molecule has 1 fully saturated rings. The number of carbonyl (C=O) groups excluding carboxylic acids is 3. The molecule has 3 amide bonds. The smallest absolute Gasteiger partial charge is 0.254 e. The maximum Gasteiger partial charge on any atom is 0.254 e. The number of hydrogen-bond acceptors (Lipinski definition) is 3. The molecule has 162 valence electrons. The highest BCUT2D eigenvalue weighted by Gasteiger charge is 2.37. The molecule has 0 spiro atoms. The number of aryl methyl sites for hydroxylation is 1. The second kappa shape index (κ2) is 8.92. The molecule has 4 rings (SSSR count). The first kappa shape index (κ1) is 21.1. The zero-order chi connectivity index (χ0) is 22.0. The van der Waals surface area contributed by atoms with E-state index in [-0.39, 0.29) is 17.7 Å². The number of benzene rings is 2. The van der Waals surface area contributed by atoms with E-state index in [9.17, 15) is 14.4 Å². The number of fused-ring (bicyclic) bond motifs is 1. The van der Waals surface area contributed by atoms with Gasteiger partial charge in [-0.2, -0.15) is 0 Å². The maximum absolute atomic E-state index is 13.5. The number of nitrogens with zero attached hydrogens (tertiary/aromatic N) is 2. The van der Waals surface area contributed by atoms with Gasteiger partial charge >= 0.3 is 0 Å². The molecule has 6 nitrogen and oxygen atoms in total. The Morgan fingerprint density at radius 3 is 2.32 bits per heavy atom. The topological polar surface area (TPSA) is 69.7 Å². The molecule has 0 saturated carbocycles. The molecule has 2 aliphatic heterocycles. The molecule has 0 radical (unpaired) electrons. The minimum Gasteiger partial charge on any atom is -0.341 e. The van der Waals surface area contributed by atoms with Crippen LogP contribution < -0.4 is 5.32 Å². The number of hydrogen-bond donors (Lipinski definition) is 1. The second-order valence-corrected chi connectivity index (χ2v) is 8.57. The molecule has 0 unspecified atom stereocenters. The average Bonchev–Trinajstić information content (AvgIpc) is 2.78. The molecule has 1 N–H and O–H groups in total. The van der Waals surface area contributed by atoms with Crippen LogP contribution in [0.15, 0.2) is 42.5 Å². The van der Waals surface area contributed by atoms with Gasteiger partial charge in [0.25, 0.3) is 5.91 Å². The van der Waals surface area contributed by atoms with Gasteiger partial charge in [0.1, 0.15) is 6.04 Å². The zero-order valence-corrected chi connectivity index (χ0v) is 18.2. The number of nitrogens with one attached hydrogen (secondary N) is 1. The van der Waals surface area contributed by atoms with E-state index in [1.54, 1.807) is 4.90 Å². The summed E-state index contributed by atoms with van der Waals surface area (Å²) in [5, 5.41) is 2.81. The van der Waals surface area contributed by atoms with E-state index in [0.29, 0.717) is 24.2 Å². The fraction of sp³-hybridized carbons (Fsp3) is 0.400. The normalized spacial score (nSPS) is 18.3. The summed E-state index contributed by atoms with van der Waals surface area (Å²) in [4.78, 5) is 42.0. The Balaban J connectivity index is 1.67. The van der Waals surface area contributed by atoms with Crippen molar-refractivity contribution in [1.29, 1.82) is 0 Å². The van der Waals surface area contributed by atoms with Gasteiger partial charge in [-0.15, -0.1) is 0 Å². The fourth-order valence-electron chi connectivity index (χ4n) is 4.49. The molecule has 2 heterocycles. The lowest BCUT2D eigenvalue weighted by molar-refractivity contribution is -0.137.